The quantitative estimate of drug-likeness (QED) is 0.508. The van der Waals surface area contributed by atoms with Crippen molar-refractivity contribution >= 4 is 73.1 Å². The second-order valence-corrected chi connectivity index (χ2v) is 3.38. The van der Waals surface area contributed by atoms with Gasteiger partial charge in [0.2, 0.25) is 0 Å². The van der Waals surface area contributed by atoms with Crippen molar-refractivity contribution in [1.29, 1.82) is 0 Å². The number of halogens is 12. The van der Waals surface area contributed by atoms with Crippen LogP contribution >= 0.6 is 0 Å². The summed E-state index contributed by atoms with van der Waals surface area (Å²) in [7, 11) is -16.2. The number of hydrogen-bond acceptors (Lipinski definition) is 1. The van der Waals surface area contributed by atoms with Crippen molar-refractivity contribution in [2.45, 2.75) is 12.8 Å². The molecule has 1 saturated carbocycles. The summed E-state index contributed by atoms with van der Waals surface area (Å²) in [4.78, 5) is 0. The van der Waals surface area contributed by atoms with Crippen molar-refractivity contribution in [1.82, 2.24) is 0 Å². The molecule has 0 bridgehead atoms. The summed E-state index contributed by atoms with van der Waals surface area (Å²) in [5.41, 5.74) is 0. The normalized spacial score (nSPS) is 14.0. The van der Waals surface area contributed by atoms with Crippen molar-refractivity contribution in [2.75, 3.05) is 13.7 Å². The Bertz CT molecular complexity index is 192. The Morgan fingerprint density at radius 2 is 0.864 bits per heavy atom. The Morgan fingerprint density at radius 1 is 0.682 bits per heavy atom. The van der Waals surface area contributed by atoms with E-state index in [0.717, 1.165) is 12.5 Å². The summed E-state index contributed by atoms with van der Waals surface area (Å²) >= 11 is 0. The topological polar surface area (TPSA) is 9.23 Å². The molecular formula is C5H11B3F12KO-3. The minimum atomic E-state index is -6.00. The van der Waals surface area contributed by atoms with Gasteiger partial charge in [-0.15, -0.1) is 0 Å². The monoisotopic (exact) mass is 387 g/mol. The molecule has 0 heterocycles. The SMILES string of the molecule is COCC1CC1.F[B-](F)(F)F.F[B-](F)(F)F.F[B-](F)(F)F.[KH]. The fraction of sp³-hybridized carbons (Fsp3) is 1.00. The van der Waals surface area contributed by atoms with E-state index in [2.05, 4.69) is 0 Å². The van der Waals surface area contributed by atoms with Crippen LogP contribution in [0.15, 0.2) is 0 Å². The molecule has 0 aliphatic heterocycles. The Kier molecular flexibility index (Phi) is 20.0. The molecule has 17 heteroatoms. The molecule has 0 atom stereocenters. The Balaban J connectivity index is -0.0000000973. The maximum atomic E-state index is 9.75. The Morgan fingerprint density at radius 3 is 0.909 bits per heavy atom. The van der Waals surface area contributed by atoms with Gasteiger partial charge in [0, 0.05) is 13.7 Å². The molecule has 1 rings (SSSR count). The van der Waals surface area contributed by atoms with Crippen LogP contribution in [-0.4, -0.2) is 86.9 Å². The van der Waals surface area contributed by atoms with Crippen molar-refractivity contribution in [3.05, 3.63) is 0 Å². The van der Waals surface area contributed by atoms with Crippen molar-refractivity contribution in [3.8, 4) is 0 Å². The third-order valence-electron chi connectivity index (χ3n) is 1.10. The molecule has 0 N–H and O–H groups in total. The van der Waals surface area contributed by atoms with E-state index in [0.29, 0.717) is 0 Å². The molecule has 0 amide bonds. The summed E-state index contributed by atoms with van der Waals surface area (Å²) in [6, 6.07) is 0. The van der Waals surface area contributed by atoms with Gasteiger partial charge >= 0.3 is 73.1 Å². The van der Waals surface area contributed by atoms with Crippen LogP contribution in [0, 0.1) is 5.92 Å². The van der Waals surface area contributed by atoms with Gasteiger partial charge in [0.15, 0.2) is 0 Å². The van der Waals surface area contributed by atoms with E-state index in [1.54, 1.807) is 7.11 Å². The van der Waals surface area contributed by atoms with Crippen LogP contribution in [-0.2, 0) is 4.74 Å². The third-order valence-corrected chi connectivity index (χ3v) is 1.10. The standard InChI is InChI=1S/C5H10O.3BF4.K.H/c1-6-4-5-2-3-5;3*2-1(3,4)5;;/h5H,2-4H2,1H3;;;;;/q;3*-1;;. The van der Waals surface area contributed by atoms with E-state index in [9.17, 15) is 51.8 Å². The Labute approximate surface area is 161 Å². The van der Waals surface area contributed by atoms with Gasteiger partial charge in [0.25, 0.3) is 0 Å². The van der Waals surface area contributed by atoms with Crippen molar-refractivity contribution in [3.63, 3.8) is 0 Å². The van der Waals surface area contributed by atoms with Crippen molar-refractivity contribution in [2.24, 2.45) is 5.92 Å². The molecule has 0 aromatic heterocycles. The molecule has 134 valence electrons. The fourth-order valence-corrected chi connectivity index (χ4v) is 0.520. The number of methoxy groups -OCH3 is 1. The van der Waals surface area contributed by atoms with Gasteiger partial charge < -0.3 is 56.5 Å². The first-order valence-electron chi connectivity index (χ1n) is 5.04. The van der Waals surface area contributed by atoms with Gasteiger partial charge in [-0.2, -0.15) is 0 Å². The van der Waals surface area contributed by atoms with Gasteiger partial charge in [-0.1, -0.05) is 0 Å². The molecule has 22 heavy (non-hydrogen) atoms. The minimum absolute atomic E-state index is 0. The van der Waals surface area contributed by atoms with Crippen LogP contribution < -0.4 is 0 Å². The van der Waals surface area contributed by atoms with Gasteiger partial charge in [-0.05, 0) is 18.8 Å². The van der Waals surface area contributed by atoms with E-state index in [-0.39, 0.29) is 51.4 Å². The molecule has 1 fully saturated rings. The maximum absolute atomic E-state index is 9.75. The fourth-order valence-electron chi connectivity index (χ4n) is 0.520. The summed E-state index contributed by atoms with van der Waals surface area (Å²) < 4.78 is 122. The first-order chi connectivity index (χ1) is 8.93. The van der Waals surface area contributed by atoms with Crippen LogP contribution in [0.2, 0.25) is 0 Å². The molecule has 0 spiro atoms. The molecule has 1 aliphatic rings. The first-order valence-corrected chi connectivity index (χ1v) is 5.04. The predicted molar refractivity (Wildman–Crippen MR) is 62.3 cm³/mol. The third kappa shape index (κ3) is 173. The molecule has 0 aromatic rings. The van der Waals surface area contributed by atoms with Crippen LogP contribution in [0.5, 0.6) is 0 Å². The summed E-state index contributed by atoms with van der Waals surface area (Å²) in [6.07, 6.45) is 2.79. The summed E-state index contributed by atoms with van der Waals surface area (Å²) in [5.74, 6) is 0.926. The van der Waals surface area contributed by atoms with E-state index in [1.807, 2.05) is 0 Å². The Hall–Kier alpha value is 0.951. The molecule has 1 nitrogen and oxygen atoms in total. The predicted octanol–water partition coefficient (Wildman–Crippen LogP) is 4.29. The molecule has 1 aliphatic carbocycles. The van der Waals surface area contributed by atoms with E-state index >= 15 is 0 Å². The average Bonchev–Trinajstić information content (AvgIpc) is 2.77. The zero-order valence-corrected chi connectivity index (χ0v) is 10.4. The van der Waals surface area contributed by atoms with Gasteiger partial charge in [-0.3, -0.25) is 0 Å². The molecule has 0 aromatic carbocycles. The van der Waals surface area contributed by atoms with Crippen LogP contribution in [0.3, 0.4) is 0 Å². The molecule has 0 unspecified atom stereocenters. The molecule has 0 saturated heterocycles. The van der Waals surface area contributed by atoms with Gasteiger partial charge in [0.1, 0.15) is 0 Å². The number of rotatable bonds is 2. The first kappa shape index (κ1) is 30.8. The molecule has 0 radical (unpaired) electrons. The van der Waals surface area contributed by atoms with E-state index < -0.39 is 21.8 Å². The molecular weight excluding hydrogens is 376 g/mol. The van der Waals surface area contributed by atoms with Gasteiger partial charge in [0.05, 0.1) is 0 Å². The second kappa shape index (κ2) is 14.3. The van der Waals surface area contributed by atoms with Crippen LogP contribution in [0.4, 0.5) is 51.8 Å². The van der Waals surface area contributed by atoms with Crippen LogP contribution in [0.1, 0.15) is 12.8 Å². The zero-order chi connectivity index (χ0) is 17.9. The van der Waals surface area contributed by atoms with Gasteiger partial charge in [-0.25, -0.2) is 0 Å². The van der Waals surface area contributed by atoms with Crippen LogP contribution in [0.25, 0.3) is 0 Å². The summed E-state index contributed by atoms with van der Waals surface area (Å²) in [5, 5.41) is 0. The van der Waals surface area contributed by atoms with E-state index in [1.165, 1.54) is 12.8 Å². The van der Waals surface area contributed by atoms with Crippen molar-refractivity contribution < 1.29 is 56.5 Å². The number of ether oxygens (including phenoxy) is 1. The van der Waals surface area contributed by atoms with E-state index in [4.69, 9.17) is 4.74 Å². The second-order valence-electron chi connectivity index (χ2n) is 3.38. The average molecular weight is 387 g/mol. The number of hydrogen-bond donors (Lipinski definition) is 0. The summed E-state index contributed by atoms with van der Waals surface area (Å²) in [6.45, 7) is 0.986. The zero-order valence-electron chi connectivity index (χ0n) is 10.4.